The lowest BCUT2D eigenvalue weighted by Gasteiger charge is -2.16. The summed E-state index contributed by atoms with van der Waals surface area (Å²) in [5.74, 6) is 8.31. The van der Waals surface area contributed by atoms with Crippen molar-refractivity contribution in [3.05, 3.63) is 132 Å². The Morgan fingerprint density at radius 3 is 2.14 bits per heavy atom. The van der Waals surface area contributed by atoms with Crippen LogP contribution in [0.1, 0.15) is 68.6 Å². The van der Waals surface area contributed by atoms with Gasteiger partial charge in [0.05, 0.1) is 36.2 Å². The number of likely N-dealkylation sites (tertiary alicyclic amines) is 1. The van der Waals surface area contributed by atoms with Gasteiger partial charge in [-0.15, -0.1) is 0 Å². The Balaban J connectivity index is 0.000000196. The quantitative estimate of drug-likeness (QED) is 0.104. The molecule has 1 unspecified atom stereocenters. The smallest absolute Gasteiger partial charge is 0.223 e. The Hall–Kier alpha value is -5.52. The maximum atomic E-state index is 11.5. The second-order valence-electron chi connectivity index (χ2n) is 13.5. The maximum Gasteiger partial charge on any atom is 0.223 e. The highest BCUT2D eigenvalue weighted by Gasteiger charge is 2.25. The number of amides is 1. The van der Waals surface area contributed by atoms with Crippen LogP contribution in [0.25, 0.3) is 22.5 Å². The van der Waals surface area contributed by atoms with Crippen LogP contribution in [0.3, 0.4) is 0 Å². The molecule has 0 spiro atoms. The van der Waals surface area contributed by atoms with Crippen LogP contribution in [0.15, 0.2) is 109 Å². The predicted molar refractivity (Wildman–Crippen MR) is 205 cm³/mol. The molecule has 7 rings (SSSR count). The Kier molecular flexibility index (Phi) is 13.3. The molecule has 1 saturated heterocycles. The van der Waals surface area contributed by atoms with E-state index in [9.17, 15) is 9.59 Å². The van der Waals surface area contributed by atoms with Crippen LogP contribution in [0.2, 0.25) is 0 Å². The predicted octanol–water partition coefficient (Wildman–Crippen LogP) is 7.88. The van der Waals surface area contributed by atoms with E-state index in [2.05, 4.69) is 107 Å². The van der Waals surface area contributed by atoms with Crippen LogP contribution in [0.5, 0.6) is 0 Å². The summed E-state index contributed by atoms with van der Waals surface area (Å²) in [5, 5.41) is 0. The molecule has 262 valence electrons. The van der Waals surface area contributed by atoms with Crippen molar-refractivity contribution in [2.24, 2.45) is 5.92 Å². The van der Waals surface area contributed by atoms with Gasteiger partial charge in [0.1, 0.15) is 12.1 Å². The zero-order chi connectivity index (χ0) is 36.0. The van der Waals surface area contributed by atoms with E-state index in [1.165, 1.54) is 18.4 Å². The lowest BCUT2D eigenvalue weighted by atomic mass is 10.1. The number of nitrogens with one attached hydrogen (secondary N) is 2. The lowest BCUT2D eigenvalue weighted by molar-refractivity contribution is -0.130. The average molecular weight is 681 g/mol. The summed E-state index contributed by atoms with van der Waals surface area (Å²) in [4.78, 5) is 41.0. The maximum absolute atomic E-state index is 11.5. The van der Waals surface area contributed by atoms with Gasteiger partial charge in [0.15, 0.2) is 0 Å². The van der Waals surface area contributed by atoms with E-state index in [-0.39, 0.29) is 5.91 Å². The van der Waals surface area contributed by atoms with E-state index in [0.717, 1.165) is 70.9 Å². The van der Waals surface area contributed by atoms with Crippen molar-refractivity contribution >= 4 is 12.2 Å². The molecule has 2 aliphatic heterocycles. The minimum atomic E-state index is 0.290. The molecule has 2 aliphatic rings. The molecule has 8 nitrogen and oxygen atoms in total. The summed E-state index contributed by atoms with van der Waals surface area (Å²) in [5.41, 5.74) is 8.66. The molecule has 8 heteroatoms. The number of nitrogens with zero attached hydrogens (tertiary/aromatic N) is 4. The van der Waals surface area contributed by atoms with Crippen LogP contribution in [0, 0.1) is 17.8 Å². The van der Waals surface area contributed by atoms with Gasteiger partial charge in [-0.05, 0) is 80.2 Å². The molecule has 1 fully saturated rings. The van der Waals surface area contributed by atoms with Crippen LogP contribution in [-0.4, -0.2) is 68.6 Å². The van der Waals surface area contributed by atoms with E-state index >= 15 is 0 Å². The molecule has 5 aromatic rings. The van der Waals surface area contributed by atoms with E-state index < -0.39 is 0 Å². The van der Waals surface area contributed by atoms with Crippen molar-refractivity contribution in [3.63, 3.8) is 0 Å². The van der Waals surface area contributed by atoms with E-state index in [4.69, 9.17) is 0 Å². The van der Waals surface area contributed by atoms with Crippen molar-refractivity contribution in [2.45, 2.75) is 52.5 Å². The molecule has 1 amide bonds. The van der Waals surface area contributed by atoms with Gasteiger partial charge in [-0.1, -0.05) is 91.9 Å². The fourth-order valence-electron chi connectivity index (χ4n) is 6.01. The summed E-state index contributed by atoms with van der Waals surface area (Å²) in [6.45, 7) is 9.02. The van der Waals surface area contributed by atoms with E-state index in [0.29, 0.717) is 24.8 Å². The van der Waals surface area contributed by atoms with Crippen LogP contribution in [0.4, 0.5) is 0 Å². The van der Waals surface area contributed by atoms with Gasteiger partial charge in [0, 0.05) is 37.1 Å². The van der Waals surface area contributed by atoms with Gasteiger partial charge >= 0.3 is 0 Å². The van der Waals surface area contributed by atoms with Gasteiger partial charge in [-0.2, -0.15) is 0 Å². The normalized spacial score (nSPS) is 15.2. The molecular weight excluding hydrogens is 633 g/mol. The zero-order valence-corrected chi connectivity index (χ0v) is 30.1. The SMILES string of the molecule is CC1=CCN(C(=O)CC(C)C)C1.CN1CCCC1c1ncc(-c2ccc(C#Cc3ccc(-c4cnc[nH]4)cc3)cc2)[nH]1.O=CCc1ccccc1. The Morgan fingerprint density at radius 2 is 1.61 bits per heavy atom. The minimum Gasteiger partial charge on any atom is -0.345 e. The van der Waals surface area contributed by atoms with Crippen molar-refractivity contribution in [1.29, 1.82) is 0 Å². The summed E-state index contributed by atoms with van der Waals surface area (Å²) < 4.78 is 0. The summed E-state index contributed by atoms with van der Waals surface area (Å²) in [7, 11) is 2.16. The third-order valence-corrected chi connectivity index (χ3v) is 8.87. The molecule has 0 aliphatic carbocycles. The van der Waals surface area contributed by atoms with Crippen molar-refractivity contribution < 1.29 is 9.59 Å². The number of aromatic amines is 2. The number of hydrogen-bond donors (Lipinski definition) is 2. The number of hydrogen-bond acceptors (Lipinski definition) is 5. The minimum absolute atomic E-state index is 0.290. The fourth-order valence-corrected chi connectivity index (χ4v) is 6.01. The second-order valence-corrected chi connectivity index (χ2v) is 13.5. The molecule has 2 aromatic heterocycles. The number of carbonyl (C=O) groups excluding carboxylic acids is 2. The number of imidazole rings is 2. The van der Waals surface area contributed by atoms with Crippen LogP contribution < -0.4 is 0 Å². The Bertz CT molecular complexity index is 1910. The molecule has 4 heterocycles. The average Bonchev–Trinajstić information content (AvgIpc) is 3.98. The highest BCUT2D eigenvalue weighted by molar-refractivity contribution is 5.77. The number of aromatic nitrogens is 4. The van der Waals surface area contributed by atoms with Gasteiger partial charge < -0.3 is 19.7 Å². The largest absolute Gasteiger partial charge is 0.345 e. The lowest BCUT2D eigenvalue weighted by Crippen LogP contribution is -2.29. The highest BCUT2D eigenvalue weighted by Crippen LogP contribution is 2.30. The van der Waals surface area contributed by atoms with Gasteiger partial charge in [-0.25, -0.2) is 9.97 Å². The number of carbonyl (C=O) groups is 2. The number of H-pyrrole nitrogens is 2. The highest BCUT2D eigenvalue weighted by atomic mass is 16.2. The summed E-state index contributed by atoms with van der Waals surface area (Å²) in [6.07, 6.45) is 12.1. The number of rotatable bonds is 7. The van der Waals surface area contributed by atoms with Crippen LogP contribution in [-0.2, 0) is 16.0 Å². The molecule has 0 radical (unpaired) electrons. The molecule has 51 heavy (non-hydrogen) atoms. The molecule has 1 atom stereocenters. The van der Waals surface area contributed by atoms with Gasteiger partial charge in [-0.3, -0.25) is 9.69 Å². The van der Waals surface area contributed by atoms with Crippen molar-refractivity contribution in [3.8, 4) is 34.4 Å². The van der Waals surface area contributed by atoms with Gasteiger partial charge in [0.2, 0.25) is 5.91 Å². The summed E-state index contributed by atoms with van der Waals surface area (Å²) >= 11 is 0. The standard InChI is InChI=1S/C25H23N5.C10H17NO.C8H8O/c1-30-14-2-3-24(30)25-27-16-23(29-25)21-12-8-19(9-13-21)5-4-18-6-10-20(11-7-18)22-15-26-17-28-22;1-8(2)6-10(12)11-5-4-9(3)7-11;9-7-6-8-4-2-1-3-5-8/h6-13,15-17,24H,2-3,14H2,1H3,(H,26,28)(H,27,29);4,8H,5-7H2,1-3H3;1-5,7H,6H2. The molecule has 0 bridgehead atoms. The molecule has 2 N–H and O–H groups in total. The third-order valence-electron chi connectivity index (χ3n) is 8.87. The number of benzene rings is 3. The monoisotopic (exact) mass is 680 g/mol. The molecule has 3 aromatic carbocycles. The Labute approximate surface area is 302 Å². The van der Waals surface area contributed by atoms with Crippen molar-refractivity contribution in [2.75, 3.05) is 26.7 Å². The zero-order valence-electron chi connectivity index (χ0n) is 30.1. The topological polar surface area (TPSA) is 98.0 Å². The first-order valence-corrected chi connectivity index (χ1v) is 17.7. The van der Waals surface area contributed by atoms with Gasteiger partial charge in [0.25, 0.3) is 0 Å². The van der Waals surface area contributed by atoms with E-state index in [1.807, 2.05) is 59.8 Å². The first kappa shape index (κ1) is 36.8. The first-order valence-electron chi connectivity index (χ1n) is 17.7. The molecular formula is C43H48N6O2. The first-order chi connectivity index (χ1) is 24.8. The molecule has 0 saturated carbocycles. The third kappa shape index (κ3) is 11.0. The fraction of sp³-hybridized carbons (Fsp3) is 0.302. The van der Waals surface area contributed by atoms with Crippen LogP contribution >= 0.6 is 0 Å². The Morgan fingerprint density at radius 1 is 0.941 bits per heavy atom. The van der Waals surface area contributed by atoms with Crippen molar-refractivity contribution in [1.82, 2.24) is 29.7 Å². The second kappa shape index (κ2) is 18.5. The van der Waals surface area contributed by atoms with E-state index in [1.54, 1.807) is 6.33 Å². The summed E-state index contributed by atoms with van der Waals surface area (Å²) in [6, 6.07) is 26.6. The number of aldehydes is 1.